The Morgan fingerprint density at radius 3 is 2.88 bits per heavy atom. The van der Waals surface area contributed by atoms with Crippen molar-refractivity contribution in [3.63, 3.8) is 0 Å². The van der Waals surface area contributed by atoms with Crippen LogP contribution in [0.1, 0.15) is 24.1 Å². The predicted octanol–water partition coefficient (Wildman–Crippen LogP) is 3.93. The molecule has 0 aliphatic carbocycles. The molecule has 4 aromatic rings. The molecule has 0 radical (unpaired) electrons. The Morgan fingerprint density at radius 1 is 1.24 bits per heavy atom. The fourth-order valence-electron chi connectivity index (χ4n) is 4.39. The molecule has 7 nitrogen and oxygen atoms in total. The molecule has 1 aliphatic heterocycles. The molecule has 0 unspecified atom stereocenters. The molecule has 8 heteroatoms. The molecule has 3 aromatic heterocycles. The van der Waals surface area contributed by atoms with Crippen LogP contribution in [0.5, 0.6) is 0 Å². The second-order valence-electron chi connectivity index (χ2n) is 8.73. The van der Waals surface area contributed by atoms with Gasteiger partial charge < -0.3 is 10.2 Å². The van der Waals surface area contributed by atoms with Crippen molar-refractivity contribution >= 4 is 33.4 Å². The largest absolute Gasteiger partial charge is 0.355 e. The third kappa shape index (κ3) is 4.72. The first kappa shape index (κ1) is 22.3. The zero-order valence-electron chi connectivity index (χ0n) is 19.1. The number of amides is 1. The fraction of sp³-hybridized carbons (Fsp3) is 0.308. The minimum Gasteiger partial charge on any atom is -0.355 e. The van der Waals surface area contributed by atoms with Crippen molar-refractivity contribution in [3.05, 3.63) is 75.7 Å². The summed E-state index contributed by atoms with van der Waals surface area (Å²) in [5.41, 5.74) is 4.74. The molecule has 0 spiro atoms. The van der Waals surface area contributed by atoms with Gasteiger partial charge >= 0.3 is 0 Å². The Bertz CT molecular complexity index is 1350. The first-order valence-electron chi connectivity index (χ1n) is 11.6. The Hall–Kier alpha value is -3.52. The second kappa shape index (κ2) is 9.77. The fourth-order valence-corrected chi connectivity index (χ4v) is 5.30. The summed E-state index contributed by atoms with van der Waals surface area (Å²) >= 11 is 1.41. The molecule has 1 fully saturated rings. The summed E-state index contributed by atoms with van der Waals surface area (Å²) < 4.78 is 0.625. The smallest absolute Gasteiger partial charge is 0.270 e. The highest BCUT2D eigenvalue weighted by Crippen LogP contribution is 2.32. The third-order valence-corrected chi connectivity index (χ3v) is 7.24. The molecule has 174 valence electrons. The minimum atomic E-state index is -0.141. The normalized spacial score (nSPS) is 16.0. The van der Waals surface area contributed by atoms with Crippen molar-refractivity contribution in [2.24, 2.45) is 5.92 Å². The summed E-state index contributed by atoms with van der Waals surface area (Å²) in [6, 6.07) is 14.0. The van der Waals surface area contributed by atoms with Gasteiger partial charge in [-0.1, -0.05) is 35.9 Å². The molecule has 0 saturated carbocycles. The lowest BCUT2D eigenvalue weighted by Crippen LogP contribution is -2.44. The number of aromatic nitrogens is 3. The van der Waals surface area contributed by atoms with Crippen molar-refractivity contribution in [1.82, 2.24) is 20.3 Å². The summed E-state index contributed by atoms with van der Waals surface area (Å²) in [6.45, 7) is 3.91. The molecule has 1 amide bonds. The van der Waals surface area contributed by atoms with Crippen LogP contribution >= 0.6 is 11.3 Å². The predicted molar refractivity (Wildman–Crippen MR) is 136 cm³/mol. The first-order chi connectivity index (χ1) is 16.6. The van der Waals surface area contributed by atoms with Crippen molar-refractivity contribution in [1.29, 1.82) is 0 Å². The highest BCUT2D eigenvalue weighted by atomic mass is 32.1. The molecular formula is C26H27N5O2S. The number of benzene rings is 1. The number of hydrogen-bond donors (Lipinski definition) is 2. The van der Waals surface area contributed by atoms with Crippen LogP contribution in [0, 0.1) is 12.8 Å². The topological polar surface area (TPSA) is 91.0 Å². The lowest BCUT2D eigenvalue weighted by molar-refractivity contribution is -0.125. The Kier molecular flexibility index (Phi) is 6.40. The summed E-state index contributed by atoms with van der Waals surface area (Å²) in [6.07, 6.45) is 4.16. The van der Waals surface area contributed by atoms with E-state index in [-0.39, 0.29) is 17.4 Å². The van der Waals surface area contributed by atoms with Crippen molar-refractivity contribution in [2.45, 2.75) is 26.2 Å². The molecular weight excluding hydrogens is 446 g/mol. The van der Waals surface area contributed by atoms with Gasteiger partial charge in [0.25, 0.3) is 5.56 Å². The van der Waals surface area contributed by atoms with Crippen LogP contribution in [0.3, 0.4) is 0 Å². The molecule has 2 N–H and O–H groups in total. The van der Waals surface area contributed by atoms with Crippen LogP contribution in [-0.2, 0) is 11.2 Å². The van der Waals surface area contributed by atoms with Gasteiger partial charge in [0.15, 0.2) is 0 Å². The molecule has 1 aliphatic rings. The molecule has 0 bridgehead atoms. The number of pyridine rings is 1. The Balaban J connectivity index is 1.32. The summed E-state index contributed by atoms with van der Waals surface area (Å²) in [4.78, 5) is 39.8. The van der Waals surface area contributed by atoms with E-state index >= 15 is 0 Å². The maximum Gasteiger partial charge on any atom is 0.270 e. The number of carbonyl (C=O) groups is 1. The number of aryl methyl sites for hydroxylation is 1. The van der Waals surface area contributed by atoms with Crippen LogP contribution in [-0.4, -0.2) is 40.5 Å². The highest BCUT2D eigenvalue weighted by molar-refractivity contribution is 7.17. The quantitative estimate of drug-likeness (QED) is 0.443. The molecule has 1 atom stereocenters. The maximum atomic E-state index is 12.8. The van der Waals surface area contributed by atoms with Crippen LogP contribution in [0.2, 0.25) is 0 Å². The van der Waals surface area contributed by atoms with Crippen molar-refractivity contribution in [3.8, 4) is 11.1 Å². The number of fused-ring (bicyclic) bond motifs is 1. The molecule has 1 aromatic carbocycles. The van der Waals surface area contributed by atoms with Crippen LogP contribution in [0.25, 0.3) is 21.3 Å². The lowest BCUT2D eigenvalue weighted by atomic mass is 9.97. The summed E-state index contributed by atoms with van der Waals surface area (Å²) in [7, 11) is 0. The molecule has 1 saturated heterocycles. The maximum absolute atomic E-state index is 12.8. The van der Waals surface area contributed by atoms with Crippen molar-refractivity contribution < 1.29 is 4.79 Å². The van der Waals surface area contributed by atoms with Gasteiger partial charge in [-0.05, 0) is 37.5 Å². The van der Waals surface area contributed by atoms with Gasteiger partial charge in [0.1, 0.15) is 4.70 Å². The van der Waals surface area contributed by atoms with Gasteiger partial charge in [0.2, 0.25) is 11.9 Å². The van der Waals surface area contributed by atoms with Gasteiger partial charge in [0.05, 0.1) is 11.4 Å². The van der Waals surface area contributed by atoms with Crippen LogP contribution in [0.4, 0.5) is 5.95 Å². The first-order valence-corrected chi connectivity index (χ1v) is 12.5. The van der Waals surface area contributed by atoms with E-state index < -0.39 is 0 Å². The number of carbonyl (C=O) groups excluding carboxylic acids is 1. The lowest BCUT2D eigenvalue weighted by Gasteiger charge is -2.32. The Labute approximate surface area is 201 Å². The summed E-state index contributed by atoms with van der Waals surface area (Å²) in [5, 5.41) is 5.04. The number of nitrogens with one attached hydrogen (secondary N) is 2. The van der Waals surface area contributed by atoms with Gasteiger partial charge in [-0.15, -0.1) is 11.3 Å². The third-order valence-electron chi connectivity index (χ3n) is 6.27. The van der Waals surface area contributed by atoms with Gasteiger partial charge in [-0.3, -0.25) is 19.6 Å². The van der Waals surface area contributed by atoms with E-state index in [0.29, 0.717) is 30.2 Å². The number of H-pyrrole nitrogens is 1. The second-order valence-corrected chi connectivity index (χ2v) is 9.61. The SMILES string of the molecule is Cc1ccc(-c2csc3c(=O)[nH]c(N4CCC[C@@H](C(=O)NCCc5ccccn5)C4)nc23)cc1. The van der Waals surface area contributed by atoms with E-state index in [1.165, 1.54) is 16.9 Å². The van der Waals surface area contributed by atoms with Crippen LogP contribution in [0.15, 0.2) is 58.8 Å². The van der Waals surface area contributed by atoms with E-state index in [4.69, 9.17) is 4.98 Å². The zero-order valence-corrected chi connectivity index (χ0v) is 19.9. The number of aromatic amines is 1. The van der Waals surface area contributed by atoms with E-state index in [1.807, 2.05) is 28.5 Å². The average Bonchev–Trinajstić information content (AvgIpc) is 3.30. The molecule has 4 heterocycles. The van der Waals surface area contributed by atoms with Crippen LogP contribution < -0.4 is 15.8 Å². The number of piperidine rings is 1. The standard InChI is InChI=1S/C26H27N5O2S/c1-17-7-9-18(10-8-17)21-16-34-23-22(21)29-26(30-25(23)33)31-14-4-5-19(15-31)24(32)28-13-11-20-6-2-3-12-27-20/h2-3,6-10,12,16,19H,4-5,11,13-15H2,1H3,(H,28,32)(H,29,30,33)/t19-/m1/s1. The van der Waals surface area contributed by atoms with E-state index in [2.05, 4.69) is 46.5 Å². The molecule has 34 heavy (non-hydrogen) atoms. The number of thiophene rings is 1. The van der Waals surface area contributed by atoms with Crippen molar-refractivity contribution in [2.75, 3.05) is 24.5 Å². The number of hydrogen-bond acceptors (Lipinski definition) is 6. The average molecular weight is 474 g/mol. The van der Waals surface area contributed by atoms with Gasteiger partial charge in [0, 0.05) is 48.9 Å². The van der Waals surface area contributed by atoms with E-state index in [1.54, 1.807) is 6.20 Å². The molecule has 5 rings (SSSR count). The number of rotatable bonds is 6. The number of anilines is 1. The zero-order chi connectivity index (χ0) is 23.5. The van der Waals surface area contributed by atoms with E-state index in [9.17, 15) is 9.59 Å². The monoisotopic (exact) mass is 473 g/mol. The van der Waals surface area contributed by atoms with Gasteiger partial charge in [-0.2, -0.15) is 0 Å². The Morgan fingerprint density at radius 2 is 2.09 bits per heavy atom. The highest BCUT2D eigenvalue weighted by Gasteiger charge is 2.27. The van der Waals surface area contributed by atoms with E-state index in [0.717, 1.165) is 41.7 Å². The van der Waals surface area contributed by atoms with Gasteiger partial charge in [-0.25, -0.2) is 4.98 Å². The summed E-state index contributed by atoms with van der Waals surface area (Å²) in [5.74, 6) is 0.438. The minimum absolute atomic E-state index is 0.0416. The number of nitrogens with zero attached hydrogens (tertiary/aromatic N) is 3.